The van der Waals surface area contributed by atoms with E-state index in [1.165, 1.54) is 28.8 Å². The zero-order valence-electron chi connectivity index (χ0n) is 17.4. The summed E-state index contributed by atoms with van der Waals surface area (Å²) in [5.41, 5.74) is 5.79. The Hall–Kier alpha value is -3.29. The minimum atomic E-state index is -1.70. The molecule has 32 heavy (non-hydrogen) atoms. The van der Waals surface area contributed by atoms with Gasteiger partial charge >= 0.3 is 17.9 Å². The second kappa shape index (κ2) is 8.33. The topological polar surface area (TPSA) is 65.1 Å². The third-order valence-corrected chi connectivity index (χ3v) is 5.94. The Bertz CT molecular complexity index is 1100. The number of ether oxygens (including phenoxy) is 3. The average Bonchev–Trinajstić information content (AvgIpc) is 3.14. The van der Waals surface area contributed by atoms with E-state index in [0.29, 0.717) is 13.1 Å². The summed E-state index contributed by atoms with van der Waals surface area (Å²) < 4.78 is 29.4. The highest BCUT2D eigenvalue weighted by Crippen LogP contribution is 2.37. The molecule has 0 N–H and O–H groups in total. The number of carbonyl (C=O) groups excluding carboxylic acids is 2. The van der Waals surface area contributed by atoms with Crippen LogP contribution in [0.5, 0.6) is 0 Å². The standard InChI is InChI=1S/C25H22FNO5/c26-19-7-4-17(5-8-19)20-2-1-3-21-18(6-9-22(20)21)12-13-27-14-15-30-25(16-27)31-23(28)10-11-24(29)32-25/h1-8,10-11H,9,12-16H2. The van der Waals surface area contributed by atoms with Gasteiger partial charge in [0.15, 0.2) is 0 Å². The normalized spacial score (nSPS) is 19.8. The molecular weight excluding hydrogens is 413 g/mol. The molecule has 2 aromatic carbocycles. The van der Waals surface area contributed by atoms with Crippen molar-refractivity contribution in [3.63, 3.8) is 0 Å². The van der Waals surface area contributed by atoms with Crippen LogP contribution in [0.1, 0.15) is 17.5 Å². The Labute approximate surface area is 184 Å². The van der Waals surface area contributed by atoms with Crippen molar-refractivity contribution in [1.29, 1.82) is 0 Å². The van der Waals surface area contributed by atoms with Crippen LogP contribution >= 0.6 is 0 Å². The van der Waals surface area contributed by atoms with Crippen LogP contribution in [-0.4, -0.2) is 49.1 Å². The number of allylic oxidation sites excluding steroid dienone is 1. The molecule has 2 aliphatic heterocycles. The zero-order valence-corrected chi connectivity index (χ0v) is 17.4. The first-order chi connectivity index (χ1) is 15.5. The molecule has 0 amide bonds. The van der Waals surface area contributed by atoms with E-state index in [1.807, 2.05) is 6.07 Å². The van der Waals surface area contributed by atoms with Gasteiger partial charge in [-0.15, -0.1) is 0 Å². The van der Waals surface area contributed by atoms with Crippen LogP contribution in [0.3, 0.4) is 0 Å². The summed E-state index contributed by atoms with van der Waals surface area (Å²) >= 11 is 0. The Morgan fingerprint density at radius 3 is 2.44 bits per heavy atom. The van der Waals surface area contributed by atoms with Crippen molar-refractivity contribution >= 4 is 17.5 Å². The third-order valence-electron chi connectivity index (χ3n) is 5.94. The molecule has 2 heterocycles. The van der Waals surface area contributed by atoms with E-state index in [2.05, 4.69) is 23.1 Å². The number of esters is 2. The molecule has 5 rings (SSSR count). The summed E-state index contributed by atoms with van der Waals surface area (Å²) in [5.74, 6) is -3.28. The van der Waals surface area contributed by atoms with Gasteiger partial charge in [-0.25, -0.2) is 14.0 Å². The maximum absolute atomic E-state index is 13.3. The largest absolute Gasteiger partial charge is 0.394 e. The molecule has 6 nitrogen and oxygen atoms in total. The average molecular weight is 435 g/mol. The molecule has 0 aromatic heterocycles. The highest BCUT2D eigenvalue weighted by molar-refractivity contribution is 5.93. The second-order valence-corrected chi connectivity index (χ2v) is 8.01. The number of halogens is 1. The predicted molar refractivity (Wildman–Crippen MR) is 115 cm³/mol. The van der Waals surface area contributed by atoms with E-state index >= 15 is 0 Å². The van der Waals surface area contributed by atoms with Crippen LogP contribution in [0.4, 0.5) is 4.39 Å². The lowest BCUT2D eigenvalue weighted by atomic mass is 9.94. The number of nitrogens with zero attached hydrogens (tertiary/aromatic N) is 1. The molecule has 7 heteroatoms. The molecule has 0 atom stereocenters. The Morgan fingerprint density at radius 2 is 1.69 bits per heavy atom. The molecule has 0 radical (unpaired) electrons. The van der Waals surface area contributed by atoms with E-state index in [4.69, 9.17) is 14.2 Å². The van der Waals surface area contributed by atoms with E-state index < -0.39 is 17.9 Å². The molecular formula is C25H22FNO5. The fourth-order valence-electron chi connectivity index (χ4n) is 4.43. The minimum absolute atomic E-state index is 0.155. The smallest absolute Gasteiger partial charge is 0.389 e. The van der Waals surface area contributed by atoms with Gasteiger partial charge in [-0.1, -0.05) is 36.4 Å². The van der Waals surface area contributed by atoms with E-state index in [1.54, 1.807) is 12.1 Å². The van der Waals surface area contributed by atoms with Crippen LogP contribution in [0.2, 0.25) is 0 Å². The fourth-order valence-corrected chi connectivity index (χ4v) is 4.43. The third kappa shape index (κ3) is 4.09. The summed E-state index contributed by atoms with van der Waals surface area (Å²) in [5, 5.41) is 0. The summed E-state index contributed by atoms with van der Waals surface area (Å²) in [6, 6.07) is 12.8. The Balaban J connectivity index is 1.28. The lowest BCUT2D eigenvalue weighted by molar-refractivity contribution is -0.359. The lowest BCUT2D eigenvalue weighted by Gasteiger charge is -2.39. The van der Waals surface area contributed by atoms with Crippen molar-refractivity contribution in [3.05, 3.63) is 77.6 Å². The van der Waals surface area contributed by atoms with Gasteiger partial charge in [-0.3, -0.25) is 4.90 Å². The fraction of sp³-hybridized carbons (Fsp3) is 0.280. The van der Waals surface area contributed by atoms with Crippen LogP contribution in [0.25, 0.3) is 16.7 Å². The molecule has 2 aromatic rings. The summed E-state index contributed by atoms with van der Waals surface area (Å²) in [7, 11) is 0. The van der Waals surface area contributed by atoms with Crippen molar-refractivity contribution in [2.45, 2.75) is 18.8 Å². The Morgan fingerprint density at radius 1 is 0.969 bits per heavy atom. The first-order valence-corrected chi connectivity index (χ1v) is 10.6. The van der Waals surface area contributed by atoms with Gasteiger partial charge in [0.2, 0.25) is 0 Å². The molecule has 164 valence electrons. The van der Waals surface area contributed by atoms with Crippen LogP contribution in [0, 0.1) is 5.82 Å². The quantitative estimate of drug-likeness (QED) is 0.686. The van der Waals surface area contributed by atoms with E-state index in [0.717, 1.165) is 36.1 Å². The van der Waals surface area contributed by atoms with Gasteiger partial charge < -0.3 is 14.2 Å². The molecule has 3 aliphatic rings. The lowest BCUT2D eigenvalue weighted by Crippen LogP contribution is -2.56. The zero-order chi connectivity index (χ0) is 22.1. The second-order valence-electron chi connectivity index (χ2n) is 8.01. The number of rotatable bonds is 4. The van der Waals surface area contributed by atoms with Gasteiger partial charge in [0, 0.05) is 25.2 Å². The van der Waals surface area contributed by atoms with Gasteiger partial charge in [0.25, 0.3) is 0 Å². The monoisotopic (exact) mass is 435 g/mol. The van der Waals surface area contributed by atoms with Crippen LogP contribution in [-0.2, 0) is 30.2 Å². The Kier molecular flexibility index (Phi) is 5.36. The first kappa shape index (κ1) is 20.6. The number of hydrogen-bond acceptors (Lipinski definition) is 6. The van der Waals surface area contributed by atoms with Gasteiger partial charge in [-0.2, -0.15) is 0 Å². The van der Waals surface area contributed by atoms with Crippen molar-refractivity contribution in [2.24, 2.45) is 0 Å². The summed E-state index contributed by atoms with van der Waals surface area (Å²) in [6.45, 7) is 1.77. The summed E-state index contributed by atoms with van der Waals surface area (Å²) in [4.78, 5) is 25.7. The molecule has 1 saturated heterocycles. The van der Waals surface area contributed by atoms with Crippen molar-refractivity contribution in [2.75, 3.05) is 26.2 Å². The predicted octanol–water partition coefficient (Wildman–Crippen LogP) is 3.46. The number of morpholine rings is 1. The van der Waals surface area contributed by atoms with Gasteiger partial charge in [0.05, 0.1) is 6.61 Å². The molecule has 0 bridgehead atoms. The van der Waals surface area contributed by atoms with Crippen LogP contribution < -0.4 is 0 Å². The number of carbonyl (C=O) groups is 2. The molecule has 0 saturated carbocycles. The highest BCUT2D eigenvalue weighted by Gasteiger charge is 2.45. The maximum atomic E-state index is 13.3. The SMILES string of the molecule is O=C1C=CC(=O)OC2(CN(CCC3=CCc4c3cccc4-c3ccc(F)cc3)CCO2)O1. The molecule has 1 aliphatic carbocycles. The van der Waals surface area contributed by atoms with Crippen molar-refractivity contribution < 1.29 is 28.2 Å². The molecule has 1 spiro atoms. The summed E-state index contributed by atoms with van der Waals surface area (Å²) in [6.07, 6.45) is 5.92. The maximum Gasteiger partial charge on any atom is 0.389 e. The van der Waals surface area contributed by atoms with Gasteiger partial charge in [-0.05, 0) is 52.8 Å². The van der Waals surface area contributed by atoms with E-state index in [-0.39, 0.29) is 19.0 Å². The molecule has 1 fully saturated rings. The molecule has 0 unspecified atom stereocenters. The highest BCUT2D eigenvalue weighted by atomic mass is 19.1. The van der Waals surface area contributed by atoms with Crippen LogP contribution in [0.15, 0.2) is 60.7 Å². The first-order valence-electron chi connectivity index (χ1n) is 10.6. The van der Waals surface area contributed by atoms with Gasteiger partial charge in [0.1, 0.15) is 12.4 Å². The van der Waals surface area contributed by atoms with Crippen molar-refractivity contribution in [1.82, 2.24) is 4.90 Å². The number of hydrogen-bond donors (Lipinski definition) is 0. The number of fused-ring (bicyclic) bond motifs is 1. The van der Waals surface area contributed by atoms with E-state index in [9.17, 15) is 14.0 Å². The minimum Gasteiger partial charge on any atom is -0.394 e. The van der Waals surface area contributed by atoms with Crippen molar-refractivity contribution in [3.8, 4) is 11.1 Å². The number of benzene rings is 2.